The summed E-state index contributed by atoms with van der Waals surface area (Å²) in [6, 6.07) is 11.6. The van der Waals surface area contributed by atoms with Gasteiger partial charge < -0.3 is 15.3 Å². The lowest BCUT2D eigenvalue weighted by Crippen LogP contribution is -2.35. The largest absolute Gasteiger partial charge is 0.395 e. The number of benzene rings is 2. The molecule has 1 atom stereocenters. The lowest BCUT2D eigenvalue weighted by molar-refractivity contribution is 0.102. The van der Waals surface area contributed by atoms with Gasteiger partial charge in [0.25, 0.3) is 5.91 Å². The number of sulfonamides is 1. The predicted molar refractivity (Wildman–Crippen MR) is 145 cm³/mol. The maximum Gasteiger partial charge on any atom is 0.257 e. The topological polar surface area (TPSA) is 140 Å². The van der Waals surface area contributed by atoms with Gasteiger partial charge in [0.2, 0.25) is 10.0 Å². The second-order valence-electron chi connectivity index (χ2n) is 10.5. The van der Waals surface area contributed by atoms with Crippen molar-refractivity contribution in [3.8, 4) is 0 Å². The van der Waals surface area contributed by atoms with E-state index in [9.17, 15) is 17.4 Å². The number of anilines is 3. The van der Waals surface area contributed by atoms with Crippen molar-refractivity contribution in [1.29, 1.82) is 4.78 Å². The first kappa shape index (κ1) is 26.0. The monoisotopic (exact) mass is 546 g/mol. The molecule has 1 aliphatic heterocycles. The lowest BCUT2D eigenvalue weighted by Gasteiger charge is -2.35. The summed E-state index contributed by atoms with van der Waals surface area (Å²) in [4.78, 5) is 16.0. The molecule has 5 rings (SSSR count). The van der Waals surface area contributed by atoms with Crippen LogP contribution in [-0.4, -0.2) is 54.3 Å². The average molecular weight is 547 g/mol. The fourth-order valence-electron chi connectivity index (χ4n) is 5.15. The van der Waals surface area contributed by atoms with Gasteiger partial charge in [0, 0.05) is 28.9 Å². The lowest BCUT2D eigenvalue weighted by atomic mass is 9.93. The second kappa shape index (κ2) is 9.92. The Morgan fingerprint density at radius 1 is 1.03 bits per heavy atom. The average Bonchev–Trinajstić information content (AvgIpc) is 3.56. The summed E-state index contributed by atoms with van der Waals surface area (Å²) < 4.78 is 48.4. The Hall–Kier alpha value is -2.63. The van der Waals surface area contributed by atoms with Gasteiger partial charge in [0.05, 0.1) is 39.0 Å². The molecular formula is C26H34N4O5S2. The van der Waals surface area contributed by atoms with Crippen LogP contribution in [0, 0.1) is 10.2 Å². The minimum atomic E-state index is -3.71. The number of amides is 1. The standard InChI is InChI=1S/C26H34N4O5S2/c27-37(35,21-4-2-5-21)22-6-1-3-19(17-22)28-25(32)23-8-7-20(29-36(33,34)16-15-31)18-24(23)30-13-11-26(9-10-26)12-14-30/h1,3,6-8,17-18,21,27,29,31H,2,4-5,9-16H2,(H,28,32)/t37-/m1/s1. The van der Waals surface area contributed by atoms with Crippen molar-refractivity contribution in [1.82, 2.24) is 0 Å². The highest BCUT2D eigenvalue weighted by molar-refractivity contribution is 7.93. The minimum Gasteiger partial charge on any atom is -0.395 e. The van der Waals surface area contributed by atoms with Gasteiger partial charge in [-0.15, -0.1) is 0 Å². The molecule has 0 radical (unpaired) electrons. The molecular weight excluding hydrogens is 512 g/mol. The fraction of sp³-hybridized carbons (Fsp3) is 0.500. The molecule has 2 aromatic rings. The SMILES string of the molecule is N=[S@](=O)(c1cccc(NC(=O)c2ccc(NS(=O)(=O)CCO)cc2N2CCC3(CC2)CC3)c1)C1CCC1. The summed E-state index contributed by atoms with van der Waals surface area (Å²) in [5.41, 5.74) is 2.29. The summed E-state index contributed by atoms with van der Waals surface area (Å²) >= 11 is 0. The highest BCUT2D eigenvalue weighted by atomic mass is 32.2. The molecule has 0 unspecified atom stereocenters. The molecule has 1 heterocycles. The molecule has 1 amide bonds. The molecule has 9 nitrogen and oxygen atoms in total. The third kappa shape index (κ3) is 5.63. The summed E-state index contributed by atoms with van der Waals surface area (Å²) in [5, 5.41) is 11.8. The van der Waals surface area contributed by atoms with Crippen LogP contribution in [0.5, 0.6) is 0 Å². The predicted octanol–water partition coefficient (Wildman–Crippen LogP) is 4.01. The van der Waals surface area contributed by atoms with E-state index in [1.165, 1.54) is 12.8 Å². The van der Waals surface area contributed by atoms with Crippen molar-refractivity contribution in [3.63, 3.8) is 0 Å². The molecule has 11 heteroatoms. The third-order valence-corrected chi connectivity index (χ3v) is 11.6. The smallest absolute Gasteiger partial charge is 0.257 e. The second-order valence-corrected chi connectivity index (χ2v) is 14.7. The number of nitrogens with one attached hydrogen (secondary N) is 3. The Labute approximate surface area is 218 Å². The number of carbonyl (C=O) groups is 1. The number of aliphatic hydroxyl groups is 1. The molecule has 3 aliphatic rings. The molecule has 37 heavy (non-hydrogen) atoms. The van der Waals surface area contributed by atoms with Crippen LogP contribution in [0.4, 0.5) is 17.1 Å². The third-order valence-electron chi connectivity index (χ3n) is 7.96. The fourth-order valence-corrected chi connectivity index (χ4v) is 7.95. The van der Waals surface area contributed by atoms with Crippen LogP contribution in [0.15, 0.2) is 47.4 Å². The number of hydrogen-bond acceptors (Lipinski definition) is 7. The van der Waals surface area contributed by atoms with Crippen molar-refractivity contribution in [2.75, 3.05) is 40.4 Å². The molecule has 2 aliphatic carbocycles. The van der Waals surface area contributed by atoms with Crippen LogP contribution >= 0.6 is 0 Å². The van der Waals surface area contributed by atoms with E-state index in [-0.39, 0.29) is 11.2 Å². The number of rotatable bonds is 9. The summed E-state index contributed by atoms with van der Waals surface area (Å²) in [7, 11) is -6.64. The first-order valence-corrected chi connectivity index (χ1v) is 16.1. The van der Waals surface area contributed by atoms with Crippen molar-refractivity contribution in [2.24, 2.45) is 5.41 Å². The van der Waals surface area contributed by atoms with Gasteiger partial charge in [0.1, 0.15) is 0 Å². The van der Waals surface area contributed by atoms with E-state index in [0.29, 0.717) is 32.9 Å². The maximum atomic E-state index is 13.5. The Morgan fingerprint density at radius 2 is 1.76 bits per heavy atom. The molecule has 1 spiro atoms. The zero-order chi connectivity index (χ0) is 26.3. The van der Waals surface area contributed by atoms with E-state index in [1.54, 1.807) is 42.5 Å². The first-order chi connectivity index (χ1) is 17.6. The van der Waals surface area contributed by atoms with Crippen LogP contribution in [0.3, 0.4) is 0 Å². The van der Waals surface area contributed by atoms with Gasteiger partial charge in [0.15, 0.2) is 0 Å². The molecule has 1 saturated heterocycles. The van der Waals surface area contributed by atoms with Crippen LogP contribution in [0.2, 0.25) is 0 Å². The first-order valence-electron chi connectivity index (χ1n) is 12.8. The zero-order valence-electron chi connectivity index (χ0n) is 20.7. The highest BCUT2D eigenvalue weighted by Gasteiger charge is 2.44. The van der Waals surface area contributed by atoms with Crippen molar-refractivity contribution in [2.45, 2.75) is 55.1 Å². The summed E-state index contributed by atoms with van der Waals surface area (Å²) in [6.45, 7) is 1.08. The van der Waals surface area contributed by atoms with E-state index >= 15 is 0 Å². The molecule has 200 valence electrons. The molecule has 2 saturated carbocycles. The van der Waals surface area contributed by atoms with Gasteiger partial charge in [-0.25, -0.2) is 17.4 Å². The van der Waals surface area contributed by atoms with E-state index < -0.39 is 32.1 Å². The summed E-state index contributed by atoms with van der Waals surface area (Å²) in [5.74, 6) is -0.767. The summed E-state index contributed by atoms with van der Waals surface area (Å²) in [6.07, 6.45) is 7.12. The normalized spacial score (nSPS) is 20.6. The van der Waals surface area contributed by atoms with Crippen LogP contribution < -0.4 is 14.9 Å². The van der Waals surface area contributed by atoms with Crippen molar-refractivity contribution < 1.29 is 22.5 Å². The Kier molecular flexibility index (Phi) is 6.97. The van der Waals surface area contributed by atoms with E-state index in [4.69, 9.17) is 9.89 Å². The molecule has 4 N–H and O–H groups in total. The van der Waals surface area contributed by atoms with Crippen molar-refractivity contribution in [3.05, 3.63) is 48.0 Å². The van der Waals surface area contributed by atoms with Gasteiger partial charge in [-0.1, -0.05) is 12.5 Å². The van der Waals surface area contributed by atoms with Crippen LogP contribution in [-0.2, 0) is 19.8 Å². The molecule has 3 fully saturated rings. The van der Waals surface area contributed by atoms with Gasteiger partial charge in [-0.2, -0.15) is 0 Å². The number of hydrogen-bond donors (Lipinski definition) is 4. The Morgan fingerprint density at radius 3 is 2.38 bits per heavy atom. The molecule has 2 aromatic carbocycles. The number of carbonyl (C=O) groups excluding carboxylic acids is 1. The van der Waals surface area contributed by atoms with Crippen LogP contribution in [0.25, 0.3) is 0 Å². The highest BCUT2D eigenvalue weighted by Crippen LogP contribution is 2.54. The Balaban J connectivity index is 1.41. The van der Waals surface area contributed by atoms with E-state index in [1.807, 2.05) is 0 Å². The zero-order valence-corrected chi connectivity index (χ0v) is 22.4. The maximum absolute atomic E-state index is 13.5. The quantitative estimate of drug-likeness (QED) is 0.375. The van der Waals surface area contributed by atoms with Crippen molar-refractivity contribution >= 4 is 42.7 Å². The molecule has 0 bridgehead atoms. The van der Waals surface area contributed by atoms with E-state index in [2.05, 4.69) is 14.9 Å². The van der Waals surface area contributed by atoms with Gasteiger partial charge >= 0.3 is 0 Å². The van der Waals surface area contributed by atoms with Crippen LogP contribution in [0.1, 0.15) is 55.3 Å². The van der Waals surface area contributed by atoms with E-state index in [0.717, 1.165) is 45.2 Å². The van der Waals surface area contributed by atoms with Gasteiger partial charge in [-0.05, 0) is 80.3 Å². The minimum absolute atomic E-state index is 0.138. The van der Waals surface area contributed by atoms with Gasteiger partial charge in [-0.3, -0.25) is 9.52 Å². The number of nitrogens with zero attached hydrogens (tertiary/aromatic N) is 1. The Bertz CT molecular complexity index is 1390. The molecule has 0 aromatic heterocycles. The number of piperidine rings is 1. The number of aliphatic hydroxyl groups excluding tert-OH is 1.